The zero-order valence-corrected chi connectivity index (χ0v) is 14.7. The molecular weight excluding hydrogens is 356 g/mol. The van der Waals surface area contributed by atoms with Crippen LogP contribution in [-0.2, 0) is 11.3 Å². The van der Waals surface area contributed by atoms with Crippen molar-refractivity contribution in [2.24, 2.45) is 5.92 Å². The van der Waals surface area contributed by atoms with Gasteiger partial charge < -0.3 is 9.88 Å². The van der Waals surface area contributed by atoms with Crippen molar-refractivity contribution in [2.45, 2.75) is 32.4 Å². The first-order valence-electron chi connectivity index (χ1n) is 7.91. The second-order valence-electron chi connectivity index (χ2n) is 6.07. The molecule has 6 heteroatoms. The molecule has 1 aliphatic rings. The number of benzene rings is 1. The van der Waals surface area contributed by atoms with Gasteiger partial charge in [0, 0.05) is 28.8 Å². The summed E-state index contributed by atoms with van der Waals surface area (Å²) >= 11 is 3.44. The largest absolute Gasteiger partial charge is 0.314 e. The molecule has 0 aliphatic carbocycles. The lowest BCUT2D eigenvalue weighted by Crippen LogP contribution is -2.40. The fourth-order valence-electron chi connectivity index (χ4n) is 2.93. The predicted octanol–water partition coefficient (Wildman–Crippen LogP) is 3.02. The Kier molecular flexibility index (Phi) is 5.13. The van der Waals surface area contributed by atoms with E-state index in [0.29, 0.717) is 18.5 Å². The number of aromatic nitrogens is 2. The molecule has 0 radical (unpaired) electrons. The summed E-state index contributed by atoms with van der Waals surface area (Å²) in [5, 5.41) is 6.36. The molecule has 0 saturated carbocycles. The maximum atomic E-state index is 12.5. The van der Waals surface area contributed by atoms with Crippen LogP contribution in [0.15, 0.2) is 41.1 Å². The second kappa shape index (κ2) is 7.27. The molecule has 23 heavy (non-hydrogen) atoms. The Morgan fingerprint density at radius 3 is 2.96 bits per heavy atom. The highest BCUT2D eigenvalue weighted by molar-refractivity contribution is 9.10. The highest BCUT2D eigenvalue weighted by Gasteiger charge is 2.25. The Morgan fingerprint density at radius 1 is 1.43 bits per heavy atom. The van der Waals surface area contributed by atoms with Gasteiger partial charge in [-0.05, 0) is 44.0 Å². The van der Waals surface area contributed by atoms with Crippen molar-refractivity contribution in [3.8, 4) is 0 Å². The third-order valence-corrected chi connectivity index (χ3v) is 4.74. The number of anilines is 1. The van der Waals surface area contributed by atoms with E-state index in [9.17, 15) is 4.79 Å². The molecule has 5 nitrogen and oxygen atoms in total. The molecule has 1 aromatic heterocycles. The number of piperidine rings is 1. The van der Waals surface area contributed by atoms with Crippen LogP contribution in [0, 0.1) is 5.92 Å². The van der Waals surface area contributed by atoms with Crippen molar-refractivity contribution in [3.05, 3.63) is 46.7 Å². The summed E-state index contributed by atoms with van der Waals surface area (Å²) in [7, 11) is 0. The zero-order chi connectivity index (χ0) is 16.2. The third-order valence-electron chi connectivity index (χ3n) is 4.21. The molecule has 2 heterocycles. The third kappa shape index (κ3) is 4.20. The van der Waals surface area contributed by atoms with Crippen molar-refractivity contribution in [1.82, 2.24) is 14.9 Å². The summed E-state index contributed by atoms with van der Waals surface area (Å²) in [6.07, 6.45) is 5.37. The molecule has 0 bridgehead atoms. The number of hydrogen-bond donors (Lipinski definition) is 2. The maximum Gasteiger partial charge on any atom is 0.229 e. The van der Waals surface area contributed by atoms with Crippen molar-refractivity contribution in [1.29, 1.82) is 0 Å². The van der Waals surface area contributed by atoms with E-state index in [1.54, 1.807) is 6.20 Å². The Hall–Kier alpha value is -1.66. The normalized spacial score (nSPS) is 21.1. The van der Waals surface area contributed by atoms with Crippen molar-refractivity contribution < 1.29 is 4.79 Å². The van der Waals surface area contributed by atoms with Gasteiger partial charge in [0.15, 0.2) is 0 Å². The Labute approximate surface area is 144 Å². The van der Waals surface area contributed by atoms with E-state index >= 15 is 0 Å². The van der Waals surface area contributed by atoms with Gasteiger partial charge in [-0.1, -0.05) is 28.1 Å². The van der Waals surface area contributed by atoms with Gasteiger partial charge in [-0.2, -0.15) is 0 Å². The molecule has 122 valence electrons. The lowest BCUT2D eigenvalue weighted by atomic mass is 9.92. The van der Waals surface area contributed by atoms with Gasteiger partial charge in [-0.3, -0.25) is 10.1 Å². The van der Waals surface area contributed by atoms with E-state index in [4.69, 9.17) is 0 Å². The van der Waals surface area contributed by atoms with E-state index in [0.717, 1.165) is 29.4 Å². The molecule has 2 aromatic rings. The SMILES string of the molecule is C[C@H]1C[C@@H](C(=O)Nc2nccn2Cc2ccc(Br)cc2)CCN1. The fourth-order valence-corrected chi connectivity index (χ4v) is 3.19. The van der Waals surface area contributed by atoms with Crippen LogP contribution in [-0.4, -0.2) is 28.0 Å². The molecule has 2 atom stereocenters. The summed E-state index contributed by atoms with van der Waals surface area (Å²) in [6.45, 7) is 3.70. The van der Waals surface area contributed by atoms with E-state index in [-0.39, 0.29) is 11.8 Å². The lowest BCUT2D eigenvalue weighted by Gasteiger charge is -2.27. The summed E-state index contributed by atoms with van der Waals surface area (Å²) in [5.74, 6) is 0.745. The van der Waals surface area contributed by atoms with Gasteiger partial charge in [-0.15, -0.1) is 0 Å². The van der Waals surface area contributed by atoms with Crippen LogP contribution < -0.4 is 10.6 Å². The topological polar surface area (TPSA) is 59.0 Å². The number of rotatable bonds is 4. The second-order valence-corrected chi connectivity index (χ2v) is 6.99. The Bertz CT molecular complexity index is 667. The number of nitrogens with one attached hydrogen (secondary N) is 2. The minimum absolute atomic E-state index is 0.0593. The first kappa shape index (κ1) is 16.2. The zero-order valence-electron chi connectivity index (χ0n) is 13.1. The van der Waals surface area contributed by atoms with Crippen LogP contribution in [0.3, 0.4) is 0 Å². The monoisotopic (exact) mass is 376 g/mol. The van der Waals surface area contributed by atoms with Crippen LogP contribution in [0.4, 0.5) is 5.95 Å². The van der Waals surface area contributed by atoms with Crippen LogP contribution in [0.2, 0.25) is 0 Å². The lowest BCUT2D eigenvalue weighted by molar-refractivity contribution is -0.120. The van der Waals surface area contributed by atoms with Gasteiger partial charge in [0.1, 0.15) is 0 Å². The van der Waals surface area contributed by atoms with Crippen molar-refractivity contribution in [2.75, 3.05) is 11.9 Å². The minimum atomic E-state index is 0.0593. The fraction of sp³-hybridized carbons (Fsp3) is 0.412. The van der Waals surface area contributed by atoms with Crippen molar-refractivity contribution >= 4 is 27.8 Å². The first-order chi connectivity index (χ1) is 11.1. The average Bonchev–Trinajstić information content (AvgIpc) is 2.96. The molecule has 1 fully saturated rings. The van der Waals surface area contributed by atoms with Crippen LogP contribution in [0.25, 0.3) is 0 Å². The van der Waals surface area contributed by atoms with E-state index in [1.165, 1.54) is 0 Å². The van der Waals surface area contributed by atoms with Crippen LogP contribution >= 0.6 is 15.9 Å². The van der Waals surface area contributed by atoms with Crippen molar-refractivity contribution in [3.63, 3.8) is 0 Å². The number of carbonyl (C=O) groups excluding carboxylic acids is 1. The summed E-state index contributed by atoms with van der Waals surface area (Å²) < 4.78 is 3.02. The first-order valence-corrected chi connectivity index (χ1v) is 8.71. The highest BCUT2D eigenvalue weighted by Crippen LogP contribution is 2.19. The van der Waals surface area contributed by atoms with E-state index < -0.39 is 0 Å². The standard InChI is InChI=1S/C17H21BrN4O/c1-12-10-14(6-7-19-12)16(23)21-17-20-8-9-22(17)11-13-2-4-15(18)5-3-13/h2-5,8-9,12,14,19H,6-7,10-11H2,1H3,(H,20,21,23)/t12-,14-/m0/s1. The van der Waals surface area contributed by atoms with Gasteiger partial charge in [0.05, 0.1) is 6.54 Å². The molecule has 2 N–H and O–H groups in total. The molecule has 3 rings (SSSR count). The smallest absolute Gasteiger partial charge is 0.229 e. The quantitative estimate of drug-likeness (QED) is 0.861. The molecule has 1 aromatic carbocycles. The van der Waals surface area contributed by atoms with Gasteiger partial charge in [-0.25, -0.2) is 4.98 Å². The molecule has 1 saturated heterocycles. The number of imidazole rings is 1. The molecule has 0 spiro atoms. The number of carbonyl (C=O) groups is 1. The van der Waals surface area contributed by atoms with E-state index in [1.807, 2.05) is 22.9 Å². The molecule has 0 unspecified atom stereocenters. The Morgan fingerprint density at radius 2 is 2.22 bits per heavy atom. The average molecular weight is 377 g/mol. The van der Waals surface area contributed by atoms with Gasteiger partial charge in [0.25, 0.3) is 0 Å². The van der Waals surface area contributed by atoms with Gasteiger partial charge in [0.2, 0.25) is 11.9 Å². The maximum absolute atomic E-state index is 12.5. The molecular formula is C17H21BrN4O. The molecule has 1 amide bonds. The minimum Gasteiger partial charge on any atom is -0.314 e. The van der Waals surface area contributed by atoms with Crippen LogP contribution in [0.5, 0.6) is 0 Å². The van der Waals surface area contributed by atoms with E-state index in [2.05, 4.69) is 50.6 Å². The summed E-state index contributed by atoms with van der Waals surface area (Å²) in [5.41, 5.74) is 1.16. The number of hydrogen-bond acceptors (Lipinski definition) is 3. The summed E-state index contributed by atoms with van der Waals surface area (Å²) in [6, 6.07) is 8.54. The highest BCUT2D eigenvalue weighted by atomic mass is 79.9. The summed E-state index contributed by atoms with van der Waals surface area (Å²) in [4.78, 5) is 16.8. The van der Waals surface area contributed by atoms with Gasteiger partial charge >= 0.3 is 0 Å². The number of nitrogens with zero attached hydrogens (tertiary/aromatic N) is 2. The predicted molar refractivity (Wildman–Crippen MR) is 94.3 cm³/mol. The molecule has 1 aliphatic heterocycles. The number of amides is 1. The Balaban J connectivity index is 1.66. The van der Waals surface area contributed by atoms with Crippen LogP contribution in [0.1, 0.15) is 25.3 Å². The number of halogens is 1.